The third kappa shape index (κ3) is 3.97. The van der Waals surface area contributed by atoms with Gasteiger partial charge in [-0.25, -0.2) is 14.5 Å². The smallest absolute Gasteiger partial charge is 0.197 e. The maximum atomic E-state index is 5.56. The van der Waals surface area contributed by atoms with Crippen LogP contribution in [0.5, 0.6) is 5.75 Å². The Morgan fingerprint density at radius 2 is 1.88 bits per heavy atom. The molecule has 9 nitrogen and oxygen atoms in total. The molecule has 0 spiro atoms. The Morgan fingerprint density at radius 1 is 1.09 bits per heavy atom. The lowest BCUT2D eigenvalue weighted by atomic mass is 9.97. The molecule has 1 N–H and O–H groups in total. The van der Waals surface area contributed by atoms with Gasteiger partial charge < -0.3 is 9.64 Å². The topological polar surface area (TPSA) is 87.5 Å². The van der Waals surface area contributed by atoms with Crippen molar-refractivity contribution in [2.45, 2.75) is 39.7 Å². The van der Waals surface area contributed by atoms with Crippen LogP contribution in [-0.4, -0.2) is 74.0 Å². The molecule has 1 fully saturated rings. The van der Waals surface area contributed by atoms with Gasteiger partial charge in [-0.2, -0.15) is 10.2 Å². The zero-order valence-corrected chi connectivity index (χ0v) is 20.6. The van der Waals surface area contributed by atoms with Crippen molar-refractivity contribution in [1.82, 2.24) is 34.7 Å². The normalized spacial score (nSPS) is 15.3. The first kappa shape index (κ1) is 21.8. The van der Waals surface area contributed by atoms with Crippen LogP contribution < -0.4 is 9.64 Å². The van der Waals surface area contributed by atoms with Gasteiger partial charge in [-0.3, -0.25) is 10.00 Å². The van der Waals surface area contributed by atoms with Gasteiger partial charge in [0.05, 0.1) is 19.0 Å². The fourth-order valence-corrected chi connectivity index (χ4v) is 5.43. The average Bonchev–Trinajstić information content (AvgIpc) is 3.57. The molecule has 4 aromatic heterocycles. The fraction of sp³-hybridized carbons (Fsp3) is 0.478. The lowest BCUT2D eigenvalue weighted by molar-refractivity contribution is 0.209. The zero-order chi connectivity index (χ0) is 23.1. The Labute approximate surface area is 197 Å². The number of aromatic amines is 1. The molecule has 1 aliphatic heterocycles. The number of hydrogen-bond acceptors (Lipinski definition) is 8. The molecule has 0 amide bonds. The van der Waals surface area contributed by atoms with Crippen molar-refractivity contribution in [3.8, 4) is 27.7 Å². The SMILES string of the molecule is COc1cc(-c2[nH]nc(-c3ncc(N4CCN(C(C)C)CC4)s3)c2C(C)C)cn2ncnc12. The maximum absolute atomic E-state index is 5.56. The molecule has 5 rings (SSSR count). The first-order chi connectivity index (χ1) is 16.0. The Kier molecular flexibility index (Phi) is 5.79. The van der Waals surface area contributed by atoms with Crippen LogP contribution in [0.15, 0.2) is 24.8 Å². The molecule has 0 unspecified atom stereocenters. The summed E-state index contributed by atoms with van der Waals surface area (Å²) in [5.74, 6) is 0.932. The summed E-state index contributed by atoms with van der Waals surface area (Å²) >= 11 is 1.72. The summed E-state index contributed by atoms with van der Waals surface area (Å²) in [6.07, 6.45) is 5.48. The summed E-state index contributed by atoms with van der Waals surface area (Å²) in [6, 6.07) is 2.57. The molecule has 1 aliphatic rings. The monoisotopic (exact) mass is 466 g/mol. The van der Waals surface area contributed by atoms with Crippen LogP contribution >= 0.6 is 11.3 Å². The molecule has 0 radical (unpaired) electrons. The van der Waals surface area contributed by atoms with Gasteiger partial charge in [0.1, 0.15) is 22.0 Å². The summed E-state index contributed by atoms with van der Waals surface area (Å²) in [5, 5.41) is 14.4. The van der Waals surface area contributed by atoms with Crippen molar-refractivity contribution in [2.24, 2.45) is 0 Å². The van der Waals surface area contributed by atoms with Crippen LogP contribution in [0.4, 0.5) is 5.00 Å². The van der Waals surface area contributed by atoms with Gasteiger partial charge in [0.2, 0.25) is 0 Å². The number of piperazine rings is 1. The number of H-pyrrole nitrogens is 1. The Hall–Kier alpha value is -2.98. The van der Waals surface area contributed by atoms with Gasteiger partial charge in [0, 0.05) is 49.5 Å². The number of nitrogens with zero attached hydrogens (tertiary/aromatic N) is 7. The zero-order valence-electron chi connectivity index (χ0n) is 19.7. The Morgan fingerprint density at radius 3 is 2.58 bits per heavy atom. The molecule has 10 heteroatoms. The summed E-state index contributed by atoms with van der Waals surface area (Å²) in [4.78, 5) is 14.0. The second kappa shape index (κ2) is 8.75. The number of thiazole rings is 1. The van der Waals surface area contributed by atoms with E-state index in [2.05, 4.69) is 52.7 Å². The average molecular weight is 467 g/mol. The highest BCUT2D eigenvalue weighted by Crippen LogP contribution is 2.39. The molecule has 33 heavy (non-hydrogen) atoms. The summed E-state index contributed by atoms with van der Waals surface area (Å²) in [7, 11) is 1.65. The second-order valence-corrected chi connectivity index (χ2v) is 9.97. The molecule has 4 aromatic rings. The van der Waals surface area contributed by atoms with Gasteiger partial charge in [0.25, 0.3) is 0 Å². The van der Waals surface area contributed by atoms with E-state index in [0.29, 0.717) is 17.4 Å². The highest BCUT2D eigenvalue weighted by molar-refractivity contribution is 7.18. The van der Waals surface area contributed by atoms with E-state index in [1.54, 1.807) is 23.0 Å². The van der Waals surface area contributed by atoms with E-state index in [1.807, 2.05) is 18.5 Å². The van der Waals surface area contributed by atoms with E-state index in [-0.39, 0.29) is 5.92 Å². The number of anilines is 1. The molecular weight excluding hydrogens is 436 g/mol. The van der Waals surface area contributed by atoms with Crippen molar-refractivity contribution >= 4 is 22.0 Å². The first-order valence-electron chi connectivity index (χ1n) is 11.4. The van der Waals surface area contributed by atoms with Crippen LogP contribution in [0, 0.1) is 0 Å². The van der Waals surface area contributed by atoms with Crippen LogP contribution in [0.3, 0.4) is 0 Å². The third-order valence-electron chi connectivity index (χ3n) is 6.28. The van der Waals surface area contributed by atoms with Crippen molar-refractivity contribution in [3.63, 3.8) is 0 Å². The van der Waals surface area contributed by atoms with Crippen LogP contribution in [-0.2, 0) is 0 Å². The first-order valence-corrected chi connectivity index (χ1v) is 12.2. The van der Waals surface area contributed by atoms with Crippen molar-refractivity contribution in [1.29, 1.82) is 0 Å². The molecule has 0 atom stereocenters. The highest BCUT2D eigenvalue weighted by Gasteiger charge is 2.25. The van der Waals surface area contributed by atoms with Gasteiger partial charge in [-0.1, -0.05) is 25.2 Å². The number of rotatable bonds is 6. The lowest BCUT2D eigenvalue weighted by Crippen LogP contribution is -2.48. The Balaban J connectivity index is 1.48. The number of nitrogens with one attached hydrogen (secondary N) is 1. The van der Waals surface area contributed by atoms with Crippen molar-refractivity contribution in [3.05, 3.63) is 30.4 Å². The van der Waals surface area contributed by atoms with Crippen LogP contribution in [0.25, 0.3) is 27.6 Å². The van der Waals surface area contributed by atoms with Gasteiger partial charge in [-0.05, 0) is 25.8 Å². The van der Waals surface area contributed by atoms with E-state index in [0.717, 1.165) is 53.7 Å². The molecule has 0 aromatic carbocycles. The van der Waals surface area contributed by atoms with E-state index < -0.39 is 0 Å². The number of methoxy groups -OCH3 is 1. The lowest BCUT2D eigenvalue weighted by Gasteiger charge is -2.37. The number of aromatic nitrogens is 6. The number of pyridine rings is 1. The van der Waals surface area contributed by atoms with Crippen LogP contribution in [0.2, 0.25) is 0 Å². The molecule has 0 saturated carbocycles. The quantitative estimate of drug-likeness (QED) is 0.461. The molecule has 0 bridgehead atoms. The minimum absolute atomic E-state index is 0.258. The maximum Gasteiger partial charge on any atom is 0.197 e. The minimum Gasteiger partial charge on any atom is -0.493 e. The molecule has 5 heterocycles. The molecule has 1 saturated heterocycles. The van der Waals surface area contributed by atoms with Gasteiger partial charge in [0.15, 0.2) is 11.4 Å². The predicted octanol–water partition coefficient (Wildman–Crippen LogP) is 3.91. The molecular formula is C23H30N8OS. The summed E-state index contributed by atoms with van der Waals surface area (Å²) < 4.78 is 7.29. The van der Waals surface area contributed by atoms with E-state index >= 15 is 0 Å². The van der Waals surface area contributed by atoms with E-state index in [9.17, 15) is 0 Å². The largest absolute Gasteiger partial charge is 0.493 e. The predicted molar refractivity (Wildman–Crippen MR) is 131 cm³/mol. The highest BCUT2D eigenvalue weighted by atomic mass is 32.1. The Bertz CT molecular complexity index is 1250. The summed E-state index contributed by atoms with van der Waals surface area (Å²) in [6.45, 7) is 13.1. The van der Waals surface area contributed by atoms with Crippen molar-refractivity contribution in [2.75, 3.05) is 38.2 Å². The molecule has 174 valence electrons. The molecule has 0 aliphatic carbocycles. The minimum atomic E-state index is 0.258. The van der Waals surface area contributed by atoms with Gasteiger partial charge in [-0.15, -0.1) is 0 Å². The van der Waals surface area contributed by atoms with Crippen molar-refractivity contribution < 1.29 is 4.74 Å². The van der Waals surface area contributed by atoms with E-state index in [4.69, 9.17) is 14.8 Å². The standard InChI is InChI=1S/C23H30N8OS/c1-14(2)19-20(16-10-17(32-5)22-25-13-26-31(22)12-16)27-28-21(19)23-24-11-18(33-23)30-8-6-29(7-9-30)15(3)4/h10-15H,6-9H2,1-5H3,(H,27,28). The van der Waals surface area contributed by atoms with Crippen LogP contribution in [0.1, 0.15) is 39.2 Å². The second-order valence-electron chi connectivity index (χ2n) is 8.96. The fourth-order valence-electron chi connectivity index (χ4n) is 4.46. The number of ether oxygens (including phenoxy) is 1. The number of fused-ring (bicyclic) bond motifs is 1. The van der Waals surface area contributed by atoms with Gasteiger partial charge >= 0.3 is 0 Å². The van der Waals surface area contributed by atoms with E-state index in [1.165, 1.54) is 11.3 Å². The number of hydrogen-bond donors (Lipinski definition) is 1. The summed E-state index contributed by atoms with van der Waals surface area (Å²) in [5.41, 5.74) is 4.65. The third-order valence-corrected chi connectivity index (χ3v) is 7.35.